The second-order valence-electron chi connectivity index (χ2n) is 10.2. The third-order valence-corrected chi connectivity index (χ3v) is 6.27. The molecule has 29 heavy (non-hydrogen) atoms. The number of hydrogen-bond acceptors (Lipinski definition) is 4. The van der Waals surface area contributed by atoms with Gasteiger partial charge in [-0.1, -0.05) is 13.8 Å². The van der Waals surface area contributed by atoms with Crippen molar-refractivity contribution in [3.8, 4) is 0 Å². The number of nitrogens with one attached hydrogen (secondary N) is 1. The Labute approximate surface area is 184 Å². The first-order valence-corrected chi connectivity index (χ1v) is 11.4. The van der Waals surface area contributed by atoms with E-state index in [2.05, 4.69) is 39.7 Å². The monoisotopic (exact) mass is 469 g/mol. The summed E-state index contributed by atoms with van der Waals surface area (Å²) in [5.41, 5.74) is 3.72. The normalized spacial score (nSPS) is 18.1. The zero-order valence-electron chi connectivity index (χ0n) is 19.5. The number of esters is 1. The van der Waals surface area contributed by atoms with Crippen LogP contribution >= 0.6 is 15.9 Å². The molecule has 0 aliphatic carbocycles. The minimum absolute atomic E-state index is 0.203. The lowest BCUT2D eigenvalue weighted by Gasteiger charge is -2.40. The Kier molecular flexibility index (Phi) is 7.43. The molecule has 0 amide bonds. The molecule has 0 bridgehead atoms. The van der Waals surface area contributed by atoms with Crippen LogP contribution < -0.4 is 9.88 Å². The Balaban J connectivity index is 2.60. The standard InChI is InChI=1S/C23H37BrN2O3/c1-14(2)28-21(27)20(29-22(5,6)7)17-15(3)25-16(4)18(24)19(17)26-12-10-23(8,9)11-13-26/h14,20H,10-13H2,1-9H3/p+1/t20-/m0/s1. The van der Waals surface area contributed by atoms with Gasteiger partial charge in [-0.3, -0.25) is 0 Å². The van der Waals surface area contributed by atoms with Gasteiger partial charge in [0, 0.05) is 26.9 Å². The van der Waals surface area contributed by atoms with E-state index in [4.69, 9.17) is 9.47 Å². The van der Waals surface area contributed by atoms with Gasteiger partial charge in [-0.15, -0.1) is 0 Å². The molecular formula is C23H38BrN2O3+. The molecule has 5 nitrogen and oxygen atoms in total. The van der Waals surface area contributed by atoms with Crippen molar-refractivity contribution >= 4 is 27.6 Å². The van der Waals surface area contributed by atoms with Crippen molar-refractivity contribution in [3.05, 3.63) is 21.4 Å². The number of rotatable bonds is 5. The molecule has 1 atom stereocenters. The van der Waals surface area contributed by atoms with Gasteiger partial charge in [-0.05, 0) is 68.8 Å². The highest BCUT2D eigenvalue weighted by Gasteiger charge is 2.38. The zero-order valence-corrected chi connectivity index (χ0v) is 21.1. The quantitative estimate of drug-likeness (QED) is 0.547. The predicted octanol–water partition coefficient (Wildman–Crippen LogP) is 5.31. The number of aromatic amines is 1. The average Bonchev–Trinajstić information content (AvgIpc) is 2.55. The number of ether oxygens (including phenoxy) is 2. The molecule has 1 N–H and O–H groups in total. The molecule has 0 aromatic carbocycles. The number of H-pyrrole nitrogens is 1. The minimum atomic E-state index is -0.796. The van der Waals surface area contributed by atoms with Crippen molar-refractivity contribution in [1.29, 1.82) is 0 Å². The molecule has 2 heterocycles. The van der Waals surface area contributed by atoms with Crippen LogP contribution in [0, 0.1) is 19.3 Å². The van der Waals surface area contributed by atoms with E-state index in [0.29, 0.717) is 5.41 Å². The fourth-order valence-electron chi connectivity index (χ4n) is 3.72. The van der Waals surface area contributed by atoms with E-state index in [-0.39, 0.29) is 12.1 Å². The summed E-state index contributed by atoms with van der Waals surface area (Å²) in [6, 6.07) is 0. The SMILES string of the molecule is Cc1[nH+]c(C)c([C@H](OC(C)(C)C)C(=O)OC(C)C)c(N2CCC(C)(C)CC2)c1Br. The number of aryl methyl sites for hydroxylation is 2. The summed E-state index contributed by atoms with van der Waals surface area (Å²) in [7, 11) is 0. The summed E-state index contributed by atoms with van der Waals surface area (Å²) < 4.78 is 12.9. The highest BCUT2D eigenvalue weighted by Crippen LogP contribution is 2.42. The molecule has 0 saturated carbocycles. The lowest BCUT2D eigenvalue weighted by atomic mass is 9.82. The molecular weight excluding hydrogens is 432 g/mol. The van der Waals surface area contributed by atoms with Gasteiger partial charge in [-0.25, -0.2) is 9.78 Å². The molecule has 1 aliphatic rings. The second kappa shape index (κ2) is 8.93. The van der Waals surface area contributed by atoms with Gasteiger partial charge in [0.25, 0.3) is 0 Å². The Bertz CT molecular complexity index is 743. The highest BCUT2D eigenvalue weighted by atomic mass is 79.9. The highest BCUT2D eigenvalue weighted by molar-refractivity contribution is 9.10. The van der Waals surface area contributed by atoms with E-state index < -0.39 is 11.7 Å². The molecule has 1 aromatic rings. The molecule has 164 valence electrons. The number of hydrogen-bond donors (Lipinski definition) is 0. The van der Waals surface area contributed by atoms with E-state index in [1.165, 1.54) is 0 Å². The molecule has 0 radical (unpaired) electrons. The van der Waals surface area contributed by atoms with Gasteiger partial charge < -0.3 is 14.4 Å². The van der Waals surface area contributed by atoms with Crippen molar-refractivity contribution in [1.82, 2.24) is 0 Å². The van der Waals surface area contributed by atoms with E-state index >= 15 is 0 Å². The van der Waals surface area contributed by atoms with Gasteiger partial charge in [0.15, 0.2) is 17.5 Å². The number of piperidine rings is 1. The van der Waals surface area contributed by atoms with Crippen molar-refractivity contribution < 1.29 is 19.3 Å². The number of aromatic nitrogens is 1. The fourth-order valence-corrected chi connectivity index (χ4v) is 4.28. The van der Waals surface area contributed by atoms with Crippen molar-refractivity contribution in [2.75, 3.05) is 18.0 Å². The molecule has 6 heteroatoms. The van der Waals surface area contributed by atoms with Gasteiger partial charge in [-0.2, -0.15) is 0 Å². The molecule has 1 aromatic heterocycles. The number of nitrogens with zero attached hydrogens (tertiary/aromatic N) is 1. The summed E-state index contributed by atoms with van der Waals surface area (Å²) >= 11 is 3.80. The summed E-state index contributed by atoms with van der Waals surface area (Å²) in [4.78, 5) is 18.9. The number of pyridine rings is 1. The van der Waals surface area contributed by atoms with E-state index in [1.54, 1.807) is 0 Å². The van der Waals surface area contributed by atoms with Crippen molar-refractivity contribution in [2.24, 2.45) is 5.41 Å². The molecule has 2 rings (SSSR count). The number of anilines is 1. The first kappa shape index (κ1) is 24.1. The van der Waals surface area contributed by atoms with E-state index in [1.807, 2.05) is 48.5 Å². The second-order valence-corrected chi connectivity index (χ2v) is 11.0. The van der Waals surface area contributed by atoms with Gasteiger partial charge in [0.05, 0.1) is 23.0 Å². The Morgan fingerprint density at radius 2 is 1.69 bits per heavy atom. The first-order valence-electron chi connectivity index (χ1n) is 10.6. The average molecular weight is 470 g/mol. The Morgan fingerprint density at radius 1 is 1.14 bits per heavy atom. The van der Waals surface area contributed by atoms with Crippen LogP contribution in [0.15, 0.2) is 4.47 Å². The van der Waals surface area contributed by atoms with Crippen LogP contribution in [0.1, 0.15) is 84.4 Å². The lowest BCUT2D eigenvalue weighted by molar-refractivity contribution is -0.399. The summed E-state index contributed by atoms with van der Waals surface area (Å²) in [6.45, 7) is 20.2. The third-order valence-electron chi connectivity index (χ3n) is 5.30. The summed E-state index contributed by atoms with van der Waals surface area (Å²) in [6.07, 6.45) is 1.22. The van der Waals surface area contributed by atoms with Crippen LogP contribution in [-0.4, -0.2) is 30.8 Å². The number of carbonyl (C=O) groups is 1. The van der Waals surface area contributed by atoms with Gasteiger partial charge >= 0.3 is 5.97 Å². The topological polar surface area (TPSA) is 52.9 Å². The third kappa shape index (κ3) is 6.17. The maximum atomic E-state index is 13.1. The molecule has 0 spiro atoms. The molecule has 1 fully saturated rings. The van der Waals surface area contributed by atoms with Crippen LogP contribution in [0.2, 0.25) is 0 Å². The van der Waals surface area contributed by atoms with E-state index in [0.717, 1.165) is 53.0 Å². The first-order chi connectivity index (χ1) is 13.2. The Hall–Kier alpha value is -1.14. The van der Waals surface area contributed by atoms with Crippen molar-refractivity contribution in [3.63, 3.8) is 0 Å². The van der Waals surface area contributed by atoms with Crippen LogP contribution in [0.4, 0.5) is 5.69 Å². The van der Waals surface area contributed by atoms with Crippen LogP contribution in [0.5, 0.6) is 0 Å². The van der Waals surface area contributed by atoms with Crippen LogP contribution in [0.25, 0.3) is 0 Å². The predicted molar refractivity (Wildman–Crippen MR) is 120 cm³/mol. The number of halogens is 1. The van der Waals surface area contributed by atoms with E-state index in [9.17, 15) is 4.79 Å². The fraction of sp³-hybridized carbons (Fsp3) is 0.739. The maximum absolute atomic E-state index is 13.1. The van der Waals surface area contributed by atoms with Crippen LogP contribution in [0.3, 0.4) is 0 Å². The Morgan fingerprint density at radius 3 is 2.17 bits per heavy atom. The lowest BCUT2D eigenvalue weighted by Crippen LogP contribution is -2.40. The summed E-state index contributed by atoms with van der Waals surface area (Å²) in [5, 5.41) is 0. The summed E-state index contributed by atoms with van der Waals surface area (Å²) in [5.74, 6) is -0.347. The van der Waals surface area contributed by atoms with Crippen molar-refractivity contribution in [2.45, 2.75) is 93.0 Å². The van der Waals surface area contributed by atoms with Crippen LogP contribution in [-0.2, 0) is 14.3 Å². The number of carbonyl (C=O) groups excluding carboxylic acids is 1. The maximum Gasteiger partial charge on any atom is 0.340 e. The molecule has 0 unspecified atom stereocenters. The molecule has 1 aliphatic heterocycles. The largest absolute Gasteiger partial charge is 0.461 e. The van der Waals surface area contributed by atoms with Gasteiger partial charge in [0.1, 0.15) is 4.47 Å². The zero-order chi connectivity index (χ0) is 22.1. The molecule has 1 saturated heterocycles. The minimum Gasteiger partial charge on any atom is -0.461 e. The van der Waals surface area contributed by atoms with Gasteiger partial charge in [0.2, 0.25) is 0 Å². The smallest absolute Gasteiger partial charge is 0.340 e.